The summed E-state index contributed by atoms with van der Waals surface area (Å²) in [5, 5.41) is 18.4. The smallest absolute Gasteiger partial charge is 0.269 e. The topological polar surface area (TPSA) is 78.8 Å². The summed E-state index contributed by atoms with van der Waals surface area (Å²) in [6.45, 7) is 5.45. The Kier molecular flexibility index (Phi) is 6.71. The van der Waals surface area contributed by atoms with Crippen LogP contribution in [-0.2, 0) is 11.3 Å². The van der Waals surface area contributed by atoms with Crippen LogP contribution in [-0.4, -0.2) is 17.8 Å². The van der Waals surface area contributed by atoms with Crippen molar-refractivity contribution in [1.82, 2.24) is 4.57 Å². The van der Waals surface area contributed by atoms with Crippen molar-refractivity contribution >= 4 is 23.0 Å². The van der Waals surface area contributed by atoms with Gasteiger partial charge in [-0.3, -0.25) is 9.36 Å². The fourth-order valence-electron chi connectivity index (χ4n) is 2.39. The Bertz CT molecular complexity index is 987. The lowest BCUT2D eigenvalue weighted by Crippen LogP contribution is -2.32. The van der Waals surface area contributed by atoms with Crippen LogP contribution in [0.15, 0.2) is 29.1 Å². The van der Waals surface area contributed by atoms with Crippen molar-refractivity contribution in [2.75, 3.05) is 13.2 Å². The first kappa shape index (κ1) is 18.7. The molecule has 0 aliphatic heterocycles. The summed E-state index contributed by atoms with van der Waals surface area (Å²) in [5.74, 6) is 0. The van der Waals surface area contributed by atoms with Crippen LogP contribution >= 0.6 is 11.3 Å². The number of hydrogen-bond acceptors (Lipinski definition) is 5. The second-order valence-corrected chi connectivity index (χ2v) is 6.41. The molecule has 0 bridgehead atoms. The summed E-state index contributed by atoms with van der Waals surface area (Å²) in [7, 11) is 0. The molecular weight excluding hydrogens is 334 g/mol. The summed E-state index contributed by atoms with van der Waals surface area (Å²) < 4.78 is 7.75. The highest BCUT2D eigenvalue weighted by Crippen LogP contribution is 2.07. The summed E-state index contributed by atoms with van der Waals surface area (Å²) in [4.78, 5) is 12.8. The third-order valence-electron chi connectivity index (χ3n) is 3.69. The standard InChI is InChI=1S/C19H19N3O2S/c1-3-24-10-6-9-22-18(23)17(25-19(22)16(12-20)13-21)11-15-8-5-4-7-14(15)2/h4-5,7-8,11H,3,6,9-10H2,1-2H3. The van der Waals surface area contributed by atoms with E-state index in [9.17, 15) is 15.3 Å². The number of ether oxygens (including phenoxy) is 1. The molecular formula is C19H19N3O2S. The third-order valence-corrected chi connectivity index (χ3v) is 4.83. The number of nitriles is 2. The van der Waals surface area contributed by atoms with Crippen LogP contribution in [0.25, 0.3) is 11.6 Å². The highest BCUT2D eigenvalue weighted by Gasteiger charge is 2.09. The van der Waals surface area contributed by atoms with Gasteiger partial charge in [-0.15, -0.1) is 11.3 Å². The molecule has 0 fully saturated rings. The number of nitrogens with zero attached hydrogens (tertiary/aromatic N) is 3. The SMILES string of the molecule is CCOCCCn1c(=C(C#N)C#N)sc(=Cc2ccccc2C)c1=O. The second-order valence-electron chi connectivity index (χ2n) is 5.38. The first-order chi connectivity index (χ1) is 12.1. The van der Waals surface area contributed by atoms with Gasteiger partial charge in [-0.05, 0) is 37.5 Å². The Hall–Kier alpha value is -2.67. The quantitative estimate of drug-likeness (QED) is 0.740. The van der Waals surface area contributed by atoms with Crippen molar-refractivity contribution in [2.24, 2.45) is 0 Å². The van der Waals surface area contributed by atoms with Crippen LogP contribution in [0.5, 0.6) is 0 Å². The molecule has 0 saturated carbocycles. The lowest BCUT2D eigenvalue weighted by molar-refractivity contribution is 0.141. The minimum atomic E-state index is -0.178. The first-order valence-corrected chi connectivity index (χ1v) is 8.83. The van der Waals surface area contributed by atoms with Crippen LogP contribution in [0.2, 0.25) is 0 Å². The molecule has 2 rings (SSSR count). The Balaban J connectivity index is 2.60. The molecule has 0 aliphatic rings. The van der Waals surface area contributed by atoms with E-state index in [0.29, 0.717) is 35.4 Å². The molecule has 0 N–H and O–H groups in total. The second kappa shape index (κ2) is 8.98. The molecule has 5 nitrogen and oxygen atoms in total. The molecule has 0 saturated heterocycles. The summed E-state index contributed by atoms with van der Waals surface area (Å²) in [6, 6.07) is 11.5. The highest BCUT2D eigenvalue weighted by atomic mass is 32.1. The first-order valence-electron chi connectivity index (χ1n) is 8.01. The van der Waals surface area contributed by atoms with E-state index in [1.807, 2.05) is 56.3 Å². The van der Waals surface area contributed by atoms with Crippen molar-refractivity contribution in [2.45, 2.75) is 26.8 Å². The van der Waals surface area contributed by atoms with Gasteiger partial charge in [0.1, 0.15) is 16.8 Å². The molecule has 0 atom stereocenters. The van der Waals surface area contributed by atoms with E-state index in [0.717, 1.165) is 11.1 Å². The number of rotatable bonds is 6. The molecule has 0 spiro atoms. The van der Waals surface area contributed by atoms with Gasteiger partial charge in [0.25, 0.3) is 5.56 Å². The molecule has 1 aromatic carbocycles. The van der Waals surface area contributed by atoms with E-state index >= 15 is 0 Å². The van der Waals surface area contributed by atoms with Gasteiger partial charge < -0.3 is 4.74 Å². The number of hydrogen-bond donors (Lipinski definition) is 0. The van der Waals surface area contributed by atoms with Gasteiger partial charge in [0.05, 0.1) is 4.53 Å². The van der Waals surface area contributed by atoms with Gasteiger partial charge in [0, 0.05) is 19.8 Å². The Morgan fingerprint density at radius 1 is 1.32 bits per heavy atom. The fraction of sp³-hybridized carbons (Fsp3) is 0.316. The van der Waals surface area contributed by atoms with E-state index in [1.165, 1.54) is 15.9 Å². The molecule has 25 heavy (non-hydrogen) atoms. The van der Waals surface area contributed by atoms with Crippen molar-refractivity contribution < 1.29 is 4.74 Å². The van der Waals surface area contributed by atoms with Crippen LogP contribution < -0.4 is 14.8 Å². The largest absolute Gasteiger partial charge is 0.382 e. The van der Waals surface area contributed by atoms with Gasteiger partial charge in [0.15, 0.2) is 5.57 Å². The van der Waals surface area contributed by atoms with Gasteiger partial charge in [-0.2, -0.15) is 10.5 Å². The van der Waals surface area contributed by atoms with Gasteiger partial charge in [0.2, 0.25) is 0 Å². The van der Waals surface area contributed by atoms with Crippen molar-refractivity contribution in [3.63, 3.8) is 0 Å². The molecule has 1 aromatic heterocycles. The van der Waals surface area contributed by atoms with Gasteiger partial charge >= 0.3 is 0 Å². The van der Waals surface area contributed by atoms with Crippen molar-refractivity contribution in [3.8, 4) is 12.1 Å². The predicted molar refractivity (Wildman–Crippen MR) is 98.3 cm³/mol. The summed E-state index contributed by atoms with van der Waals surface area (Å²) in [5.41, 5.74) is 1.79. The Morgan fingerprint density at radius 2 is 2.04 bits per heavy atom. The van der Waals surface area contributed by atoms with E-state index in [2.05, 4.69) is 0 Å². The predicted octanol–water partition coefficient (Wildman–Crippen LogP) is 1.67. The summed E-state index contributed by atoms with van der Waals surface area (Å²) >= 11 is 1.18. The van der Waals surface area contributed by atoms with Gasteiger partial charge in [-0.25, -0.2) is 0 Å². The number of thiazole rings is 1. The third kappa shape index (κ3) is 4.45. The maximum atomic E-state index is 12.8. The zero-order chi connectivity index (χ0) is 18.2. The van der Waals surface area contributed by atoms with Crippen molar-refractivity contribution in [1.29, 1.82) is 10.5 Å². The van der Waals surface area contributed by atoms with E-state index < -0.39 is 0 Å². The number of benzene rings is 1. The van der Waals surface area contributed by atoms with Crippen LogP contribution in [0.1, 0.15) is 24.5 Å². The molecule has 2 aromatic rings. The average Bonchev–Trinajstić information content (AvgIpc) is 2.91. The van der Waals surface area contributed by atoms with Crippen LogP contribution in [0.3, 0.4) is 0 Å². The lowest BCUT2D eigenvalue weighted by Gasteiger charge is -2.02. The van der Waals surface area contributed by atoms with E-state index in [-0.39, 0.29) is 11.1 Å². The fourth-order valence-corrected chi connectivity index (χ4v) is 3.46. The number of aromatic nitrogens is 1. The van der Waals surface area contributed by atoms with E-state index in [4.69, 9.17) is 4.74 Å². The maximum Gasteiger partial charge on any atom is 0.269 e. The van der Waals surface area contributed by atoms with Crippen LogP contribution in [0.4, 0.5) is 0 Å². The molecule has 128 valence electrons. The molecule has 6 heteroatoms. The zero-order valence-corrected chi connectivity index (χ0v) is 15.1. The highest BCUT2D eigenvalue weighted by molar-refractivity contribution is 7.07. The lowest BCUT2D eigenvalue weighted by atomic mass is 10.1. The summed E-state index contributed by atoms with van der Waals surface area (Å²) in [6.07, 6.45) is 2.46. The molecule has 0 amide bonds. The molecule has 0 unspecified atom stereocenters. The Labute approximate surface area is 150 Å². The van der Waals surface area contributed by atoms with Gasteiger partial charge in [-0.1, -0.05) is 24.3 Å². The average molecular weight is 353 g/mol. The number of aryl methyl sites for hydroxylation is 1. The Morgan fingerprint density at radius 3 is 2.68 bits per heavy atom. The van der Waals surface area contributed by atoms with E-state index in [1.54, 1.807) is 0 Å². The normalized spacial score (nSPS) is 11.1. The zero-order valence-electron chi connectivity index (χ0n) is 14.3. The van der Waals surface area contributed by atoms with Crippen molar-refractivity contribution in [3.05, 3.63) is 54.9 Å². The monoisotopic (exact) mass is 353 g/mol. The molecule has 0 aliphatic carbocycles. The molecule has 1 heterocycles. The maximum absolute atomic E-state index is 12.8. The minimum Gasteiger partial charge on any atom is -0.382 e. The minimum absolute atomic E-state index is 0.0389. The van der Waals surface area contributed by atoms with Crippen LogP contribution in [0, 0.1) is 29.6 Å². The molecule has 0 radical (unpaired) electrons.